The maximum atomic E-state index is 13.0. The van der Waals surface area contributed by atoms with Crippen molar-refractivity contribution in [1.29, 1.82) is 0 Å². The molecular formula is C22H25ClN2O3S. The lowest BCUT2D eigenvalue weighted by Gasteiger charge is -2.30. The van der Waals surface area contributed by atoms with Gasteiger partial charge in [0.2, 0.25) is 10.0 Å². The Bertz CT molecular complexity index is 999. The van der Waals surface area contributed by atoms with Crippen LogP contribution in [0.2, 0.25) is 5.02 Å². The first-order valence-electron chi connectivity index (χ1n) is 10.2. The van der Waals surface area contributed by atoms with Crippen LogP contribution in [0, 0.1) is 0 Å². The lowest BCUT2D eigenvalue weighted by molar-refractivity contribution is 0.0985. The Kier molecular flexibility index (Phi) is 5.95. The lowest BCUT2D eigenvalue weighted by atomic mass is 9.96. The number of hydrogen-bond acceptors (Lipinski definition) is 3. The maximum Gasteiger partial charge on any atom is 0.258 e. The van der Waals surface area contributed by atoms with Crippen molar-refractivity contribution in [2.75, 3.05) is 11.4 Å². The fourth-order valence-electron chi connectivity index (χ4n) is 4.21. The molecule has 0 bridgehead atoms. The fraction of sp³-hybridized carbons (Fsp3) is 0.409. The second-order valence-corrected chi connectivity index (χ2v) is 9.96. The third-order valence-electron chi connectivity index (χ3n) is 5.74. The largest absolute Gasteiger partial charge is 0.308 e. The van der Waals surface area contributed by atoms with E-state index < -0.39 is 10.0 Å². The number of nitrogens with one attached hydrogen (secondary N) is 1. The smallest absolute Gasteiger partial charge is 0.258 e. The third-order valence-corrected chi connectivity index (χ3v) is 7.51. The number of halogens is 1. The van der Waals surface area contributed by atoms with Crippen LogP contribution in [0.3, 0.4) is 0 Å². The summed E-state index contributed by atoms with van der Waals surface area (Å²) in [5.74, 6) is -0.0986. The first kappa shape index (κ1) is 20.4. The molecule has 0 unspecified atom stereocenters. The highest BCUT2D eigenvalue weighted by Crippen LogP contribution is 2.31. The topological polar surface area (TPSA) is 66.5 Å². The van der Waals surface area contributed by atoms with Gasteiger partial charge < -0.3 is 4.90 Å². The molecule has 4 rings (SSSR count). The van der Waals surface area contributed by atoms with Crippen LogP contribution in [0.5, 0.6) is 0 Å². The summed E-state index contributed by atoms with van der Waals surface area (Å²) in [5.41, 5.74) is 2.25. The van der Waals surface area contributed by atoms with Gasteiger partial charge in [-0.2, -0.15) is 0 Å². The molecule has 0 aromatic heterocycles. The number of sulfonamides is 1. The van der Waals surface area contributed by atoms with Crippen LogP contribution >= 0.6 is 11.6 Å². The summed E-state index contributed by atoms with van der Waals surface area (Å²) in [6.07, 6.45) is 6.66. The van der Waals surface area contributed by atoms with E-state index in [-0.39, 0.29) is 16.8 Å². The van der Waals surface area contributed by atoms with Crippen molar-refractivity contribution in [2.24, 2.45) is 0 Å². The van der Waals surface area contributed by atoms with E-state index in [1.54, 1.807) is 47.4 Å². The standard InChI is InChI=1S/C22H25ClN2O3S/c23-18-10-8-16(9-11-18)22(26)25-14-4-5-17-15-20(12-13-21(17)25)29(27,28)24-19-6-2-1-3-7-19/h8-13,15,19,24H,1-7,14H2. The predicted octanol–water partition coefficient (Wildman–Crippen LogP) is 4.54. The molecule has 2 aromatic carbocycles. The molecule has 1 heterocycles. The number of fused-ring (bicyclic) bond motifs is 1. The molecule has 1 saturated carbocycles. The summed E-state index contributed by atoms with van der Waals surface area (Å²) < 4.78 is 28.6. The van der Waals surface area contributed by atoms with Gasteiger partial charge in [-0.05, 0) is 73.7 Å². The van der Waals surface area contributed by atoms with Crippen LogP contribution in [0.15, 0.2) is 47.4 Å². The van der Waals surface area contributed by atoms with Gasteiger partial charge in [0.05, 0.1) is 4.90 Å². The molecule has 154 valence electrons. The van der Waals surface area contributed by atoms with Crippen LogP contribution in [0.25, 0.3) is 0 Å². The van der Waals surface area contributed by atoms with Crippen molar-refractivity contribution in [3.05, 3.63) is 58.6 Å². The number of benzene rings is 2. The van der Waals surface area contributed by atoms with E-state index >= 15 is 0 Å². The summed E-state index contributed by atoms with van der Waals surface area (Å²) >= 11 is 5.93. The van der Waals surface area contributed by atoms with Crippen molar-refractivity contribution in [2.45, 2.75) is 55.9 Å². The van der Waals surface area contributed by atoms with E-state index in [9.17, 15) is 13.2 Å². The first-order chi connectivity index (χ1) is 13.9. The molecule has 1 fully saturated rings. The zero-order chi connectivity index (χ0) is 20.4. The highest BCUT2D eigenvalue weighted by atomic mass is 35.5. The quantitative estimate of drug-likeness (QED) is 0.770. The fourth-order valence-corrected chi connectivity index (χ4v) is 5.69. The van der Waals surface area contributed by atoms with Gasteiger partial charge >= 0.3 is 0 Å². The lowest BCUT2D eigenvalue weighted by Crippen LogP contribution is -2.37. The van der Waals surface area contributed by atoms with Gasteiger partial charge in [0.15, 0.2) is 0 Å². The normalized spacial score (nSPS) is 17.8. The molecule has 2 aliphatic rings. The molecule has 1 aliphatic carbocycles. The Labute approximate surface area is 177 Å². The molecular weight excluding hydrogens is 408 g/mol. The molecule has 29 heavy (non-hydrogen) atoms. The highest BCUT2D eigenvalue weighted by Gasteiger charge is 2.27. The van der Waals surface area contributed by atoms with Crippen LogP contribution < -0.4 is 9.62 Å². The minimum atomic E-state index is -3.56. The molecule has 0 radical (unpaired) electrons. The first-order valence-corrected chi connectivity index (χ1v) is 12.0. The molecule has 0 atom stereocenters. The monoisotopic (exact) mass is 432 g/mol. The van der Waals surface area contributed by atoms with Gasteiger partial charge in [-0.1, -0.05) is 30.9 Å². The number of carbonyl (C=O) groups is 1. The molecule has 2 aromatic rings. The van der Waals surface area contributed by atoms with Crippen LogP contribution in [-0.2, 0) is 16.4 Å². The molecule has 7 heteroatoms. The summed E-state index contributed by atoms with van der Waals surface area (Å²) in [6.45, 7) is 0.612. The van der Waals surface area contributed by atoms with E-state index in [0.29, 0.717) is 17.1 Å². The van der Waals surface area contributed by atoms with Crippen LogP contribution in [-0.4, -0.2) is 26.9 Å². The summed E-state index contributed by atoms with van der Waals surface area (Å²) in [5, 5.41) is 0.584. The van der Waals surface area contributed by atoms with Crippen molar-refractivity contribution in [3.8, 4) is 0 Å². The average molecular weight is 433 g/mol. The molecule has 1 amide bonds. The third kappa shape index (κ3) is 4.49. The number of amides is 1. The van der Waals surface area contributed by atoms with Crippen molar-refractivity contribution in [3.63, 3.8) is 0 Å². The van der Waals surface area contributed by atoms with Gasteiger partial charge in [0, 0.05) is 28.9 Å². The van der Waals surface area contributed by atoms with Gasteiger partial charge in [-0.3, -0.25) is 4.79 Å². The van der Waals surface area contributed by atoms with E-state index in [0.717, 1.165) is 49.8 Å². The second-order valence-electron chi connectivity index (χ2n) is 7.81. The summed E-state index contributed by atoms with van der Waals surface area (Å²) in [7, 11) is -3.56. The molecule has 1 N–H and O–H groups in total. The van der Waals surface area contributed by atoms with Crippen molar-refractivity contribution in [1.82, 2.24) is 4.72 Å². The molecule has 5 nitrogen and oxygen atoms in total. The molecule has 1 aliphatic heterocycles. The number of nitrogens with zero attached hydrogens (tertiary/aromatic N) is 1. The van der Waals surface area contributed by atoms with Crippen LogP contribution in [0.1, 0.15) is 54.4 Å². The minimum Gasteiger partial charge on any atom is -0.308 e. The maximum absolute atomic E-state index is 13.0. The Balaban J connectivity index is 1.58. The highest BCUT2D eigenvalue weighted by molar-refractivity contribution is 7.89. The Morgan fingerprint density at radius 3 is 2.45 bits per heavy atom. The number of aryl methyl sites for hydroxylation is 1. The van der Waals surface area contributed by atoms with E-state index in [1.165, 1.54) is 6.42 Å². The second kappa shape index (κ2) is 8.46. The summed E-state index contributed by atoms with van der Waals surface area (Å²) in [4.78, 5) is 15.0. The van der Waals surface area contributed by atoms with Crippen molar-refractivity contribution < 1.29 is 13.2 Å². The van der Waals surface area contributed by atoms with Crippen molar-refractivity contribution >= 4 is 33.2 Å². The SMILES string of the molecule is O=C(c1ccc(Cl)cc1)N1CCCc2cc(S(=O)(=O)NC3CCCCC3)ccc21. The zero-order valence-corrected chi connectivity index (χ0v) is 17.8. The molecule has 0 saturated heterocycles. The Morgan fingerprint density at radius 1 is 1.00 bits per heavy atom. The predicted molar refractivity (Wildman–Crippen MR) is 115 cm³/mol. The van der Waals surface area contributed by atoms with Gasteiger partial charge in [-0.25, -0.2) is 13.1 Å². The number of hydrogen-bond donors (Lipinski definition) is 1. The zero-order valence-electron chi connectivity index (χ0n) is 16.2. The minimum absolute atomic E-state index is 0.0211. The molecule has 0 spiro atoms. The summed E-state index contributed by atoms with van der Waals surface area (Å²) in [6, 6.07) is 11.9. The van der Waals surface area contributed by atoms with Gasteiger partial charge in [-0.15, -0.1) is 0 Å². The number of anilines is 1. The Morgan fingerprint density at radius 2 is 1.72 bits per heavy atom. The number of rotatable bonds is 4. The van der Waals surface area contributed by atoms with E-state index in [4.69, 9.17) is 11.6 Å². The number of carbonyl (C=O) groups excluding carboxylic acids is 1. The van der Waals surface area contributed by atoms with Gasteiger partial charge in [0.1, 0.15) is 0 Å². The van der Waals surface area contributed by atoms with Crippen LogP contribution in [0.4, 0.5) is 5.69 Å². The average Bonchev–Trinajstić information content (AvgIpc) is 2.73. The van der Waals surface area contributed by atoms with E-state index in [2.05, 4.69) is 4.72 Å². The van der Waals surface area contributed by atoms with Gasteiger partial charge in [0.25, 0.3) is 5.91 Å². The Hall–Kier alpha value is -1.89. The van der Waals surface area contributed by atoms with E-state index in [1.807, 2.05) is 0 Å².